The van der Waals surface area contributed by atoms with Crippen LogP contribution in [0.15, 0.2) is 22.8 Å². The number of hydrogen-bond acceptors (Lipinski definition) is 4. The van der Waals surface area contributed by atoms with Gasteiger partial charge in [0.2, 0.25) is 0 Å². The Kier molecular flexibility index (Phi) is 5.08. The van der Waals surface area contributed by atoms with E-state index in [9.17, 15) is 9.59 Å². The van der Waals surface area contributed by atoms with Gasteiger partial charge in [-0.05, 0) is 45.7 Å². The third-order valence-electron chi connectivity index (χ3n) is 3.78. The Bertz CT molecular complexity index is 730. The molecule has 1 atom stereocenters. The van der Waals surface area contributed by atoms with Crippen molar-refractivity contribution >= 4 is 22.8 Å². The van der Waals surface area contributed by atoms with Gasteiger partial charge >= 0.3 is 5.97 Å². The summed E-state index contributed by atoms with van der Waals surface area (Å²) in [5, 5.41) is 3.62. The lowest BCUT2D eigenvalue weighted by molar-refractivity contribution is -0.154. The molecule has 2 rings (SSSR count). The van der Waals surface area contributed by atoms with Crippen molar-refractivity contribution in [2.45, 2.75) is 53.2 Å². The molecule has 0 bridgehead atoms. The molecule has 5 nitrogen and oxygen atoms in total. The van der Waals surface area contributed by atoms with Gasteiger partial charge in [0.05, 0.1) is 12.7 Å². The summed E-state index contributed by atoms with van der Waals surface area (Å²) in [6.45, 7) is 9.28. The number of aryl methyl sites for hydroxylation is 2. The Labute approximate surface area is 136 Å². The zero-order valence-electron chi connectivity index (χ0n) is 14.2. The number of rotatable bonds is 5. The number of benzene rings is 1. The molecule has 0 fully saturated rings. The first-order chi connectivity index (χ1) is 10.8. The monoisotopic (exact) mass is 317 g/mol. The predicted molar refractivity (Wildman–Crippen MR) is 88.2 cm³/mol. The molecule has 23 heavy (non-hydrogen) atoms. The first-order valence-corrected chi connectivity index (χ1v) is 7.75. The molecule has 1 aromatic carbocycles. The van der Waals surface area contributed by atoms with E-state index < -0.39 is 12.1 Å². The van der Waals surface area contributed by atoms with Crippen LogP contribution >= 0.6 is 0 Å². The van der Waals surface area contributed by atoms with E-state index in [2.05, 4.69) is 5.32 Å². The van der Waals surface area contributed by atoms with Gasteiger partial charge in [-0.3, -0.25) is 9.59 Å². The van der Waals surface area contributed by atoms with E-state index in [1.807, 2.05) is 39.8 Å². The SMILES string of the molecule is Cc1ccc2c(CC(=O)O[C@@H](C)C(=O)NC(C)C)coc2c1C. The number of hydrogen-bond donors (Lipinski definition) is 1. The number of fused-ring (bicyclic) bond motifs is 1. The van der Waals surface area contributed by atoms with Crippen LogP contribution in [-0.2, 0) is 20.7 Å². The van der Waals surface area contributed by atoms with E-state index in [0.29, 0.717) is 0 Å². The summed E-state index contributed by atoms with van der Waals surface area (Å²) in [7, 11) is 0. The standard InChI is InChI=1S/C18H23NO4/c1-10(2)19-18(21)13(5)23-16(20)8-14-9-22-17-12(4)11(3)6-7-15(14)17/h6-7,9-10,13H,8H2,1-5H3,(H,19,21)/t13-/m0/s1. The number of nitrogens with one attached hydrogen (secondary N) is 1. The molecule has 0 saturated heterocycles. The predicted octanol–water partition coefficient (Wildman–Crippen LogP) is 3.05. The Morgan fingerprint density at radius 3 is 2.57 bits per heavy atom. The number of furan rings is 1. The van der Waals surface area contributed by atoms with Gasteiger partial charge in [0.1, 0.15) is 5.58 Å². The topological polar surface area (TPSA) is 68.5 Å². The van der Waals surface area contributed by atoms with Gasteiger partial charge in [-0.1, -0.05) is 12.1 Å². The Morgan fingerprint density at radius 1 is 1.22 bits per heavy atom. The van der Waals surface area contributed by atoms with Crippen molar-refractivity contribution in [2.24, 2.45) is 0 Å². The minimum absolute atomic E-state index is 0.00712. The molecule has 0 aliphatic heterocycles. The highest BCUT2D eigenvalue weighted by Crippen LogP contribution is 2.26. The van der Waals surface area contributed by atoms with Gasteiger partial charge in [-0.15, -0.1) is 0 Å². The molecule has 1 N–H and O–H groups in total. The van der Waals surface area contributed by atoms with E-state index in [4.69, 9.17) is 9.15 Å². The van der Waals surface area contributed by atoms with Crippen LogP contribution in [0, 0.1) is 13.8 Å². The summed E-state index contributed by atoms with van der Waals surface area (Å²) in [5.41, 5.74) is 3.76. The largest absolute Gasteiger partial charge is 0.464 e. The van der Waals surface area contributed by atoms with Crippen molar-refractivity contribution in [2.75, 3.05) is 0 Å². The normalized spacial score (nSPS) is 12.4. The fraction of sp³-hybridized carbons (Fsp3) is 0.444. The fourth-order valence-corrected chi connectivity index (χ4v) is 2.37. The summed E-state index contributed by atoms with van der Waals surface area (Å²) in [6.07, 6.45) is 0.846. The maximum Gasteiger partial charge on any atom is 0.311 e. The summed E-state index contributed by atoms with van der Waals surface area (Å²) >= 11 is 0. The van der Waals surface area contributed by atoms with Crippen LogP contribution in [0.2, 0.25) is 0 Å². The molecule has 0 aliphatic rings. The number of amides is 1. The van der Waals surface area contributed by atoms with Crippen LogP contribution in [-0.4, -0.2) is 24.0 Å². The molecule has 0 radical (unpaired) electrons. The van der Waals surface area contributed by atoms with Crippen LogP contribution in [0.3, 0.4) is 0 Å². The van der Waals surface area contributed by atoms with Gasteiger partial charge in [-0.25, -0.2) is 0 Å². The van der Waals surface area contributed by atoms with Crippen molar-refractivity contribution in [3.63, 3.8) is 0 Å². The highest BCUT2D eigenvalue weighted by atomic mass is 16.5. The first kappa shape index (κ1) is 17.1. The zero-order valence-corrected chi connectivity index (χ0v) is 14.2. The second-order valence-corrected chi connectivity index (χ2v) is 6.12. The third kappa shape index (κ3) is 3.92. The van der Waals surface area contributed by atoms with E-state index >= 15 is 0 Å². The van der Waals surface area contributed by atoms with Crippen molar-refractivity contribution in [1.82, 2.24) is 5.32 Å². The summed E-state index contributed by atoms with van der Waals surface area (Å²) in [5.74, 6) is -0.741. The molecule has 1 heterocycles. The molecule has 1 amide bonds. The maximum atomic E-state index is 12.1. The van der Waals surface area contributed by atoms with Crippen molar-refractivity contribution in [3.05, 3.63) is 35.1 Å². The van der Waals surface area contributed by atoms with Gasteiger partial charge in [-0.2, -0.15) is 0 Å². The average Bonchev–Trinajstić information content (AvgIpc) is 2.85. The Hall–Kier alpha value is -2.30. The lowest BCUT2D eigenvalue weighted by atomic mass is 10.0. The summed E-state index contributed by atoms with van der Waals surface area (Å²) in [4.78, 5) is 23.8. The second-order valence-electron chi connectivity index (χ2n) is 6.12. The maximum absolute atomic E-state index is 12.1. The molecule has 1 aromatic heterocycles. The molecule has 5 heteroatoms. The van der Waals surface area contributed by atoms with Crippen molar-refractivity contribution in [3.8, 4) is 0 Å². The highest BCUT2D eigenvalue weighted by molar-refractivity contribution is 5.89. The molecule has 2 aromatic rings. The fourth-order valence-electron chi connectivity index (χ4n) is 2.37. The molecule has 0 unspecified atom stereocenters. The van der Waals surface area contributed by atoms with Crippen LogP contribution in [0.25, 0.3) is 11.0 Å². The van der Waals surface area contributed by atoms with E-state index in [0.717, 1.165) is 27.7 Å². The van der Waals surface area contributed by atoms with Crippen molar-refractivity contribution < 1.29 is 18.7 Å². The van der Waals surface area contributed by atoms with E-state index in [1.165, 1.54) is 0 Å². The molecule has 0 spiro atoms. The summed E-state index contributed by atoms with van der Waals surface area (Å²) < 4.78 is 10.8. The van der Waals surface area contributed by atoms with Crippen molar-refractivity contribution in [1.29, 1.82) is 0 Å². The second kappa shape index (κ2) is 6.86. The van der Waals surface area contributed by atoms with E-state index in [-0.39, 0.29) is 18.4 Å². The van der Waals surface area contributed by atoms with Gasteiger partial charge < -0.3 is 14.5 Å². The Balaban J connectivity index is 2.06. The molecule has 0 saturated carbocycles. The van der Waals surface area contributed by atoms with Gasteiger partial charge in [0.15, 0.2) is 6.10 Å². The van der Waals surface area contributed by atoms with Gasteiger partial charge in [0, 0.05) is 17.0 Å². The molecular formula is C18H23NO4. The first-order valence-electron chi connectivity index (χ1n) is 7.75. The highest BCUT2D eigenvalue weighted by Gasteiger charge is 2.20. The number of carbonyl (C=O) groups is 2. The number of ether oxygens (including phenoxy) is 1. The lowest BCUT2D eigenvalue weighted by Crippen LogP contribution is -2.39. The molecular weight excluding hydrogens is 294 g/mol. The molecule has 0 aliphatic carbocycles. The smallest absolute Gasteiger partial charge is 0.311 e. The number of esters is 1. The quantitative estimate of drug-likeness (QED) is 0.861. The van der Waals surface area contributed by atoms with Gasteiger partial charge in [0.25, 0.3) is 5.91 Å². The van der Waals surface area contributed by atoms with Crippen LogP contribution in [0.1, 0.15) is 37.5 Å². The Morgan fingerprint density at radius 2 is 1.91 bits per heavy atom. The van der Waals surface area contributed by atoms with Crippen LogP contribution in [0.4, 0.5) is 0 Å². The number of carbonyl (C=O) groups excluding carboxylic acids is 2. The van der Waals surface area contributed by atoms with Crippen LogP contribution < -0.4 is 5.32 Å². The van der Waals surface area contributed by atoms with E-state index in [1.54, 1.807) is 13.2 Å². The minimum Gasteiger partial charge on any atom is -0.464 e. The average molecular weight is 317 g/mol. The van der Waals surface area contributed by atoms with Crippen LogP contribution in [0.5, 0.6) is 0 Å². The lowest BCUT2D eigenvalue weighted by Gasteiger charge is -2.15. The summed E-state index contributed by atoms with van der Waals surface area (Å²) in [6, 6.07) is 3.95. The molecule has 124 valence electrons. The zero-order chi connectivity index (χ0) is 17.1. The third-order valence-corrected chi connectivity index (χ3v) is 3.78. The minimum atomic E-state index is -0.813.